The van der Waals surface area contributed by atoms with Crippen molar-refractivity contribution < 1.29 is 14.3 Å². The fourth-order valence-electron chi connectivity index (χ4n) is 1.89. The van der Waals surface area contributed by atoms with E-state index in [1.807, 2.05) is 25.1 Å². The number of carbonyl (C=O) groups excluding carboxylic acids is 1. The molecule has 20 heavy (non-hydrogen) atoms. The molecule has 1 amide bonds. The Balaban J connectivity index is 1.96. The summed E-state index contributed by atoms with van der Waals surface area (Å²) in [6.45, 7) is 3.46. The van der Waals surface area contributed by atoms with Crippen molar-refractivity contribution in [2.75, 3.05) is 20.3 Å². The summed E-state index contributed by atoms with van der Waals surface area (Å²) in [5.74, 6) is 0.699. The van der Waals surface area contributed by atoms with E-state index in [1.165, 1.54) is 0 Å². The van der Waals surface area contributed by atoms with Gasteiger partial charge >= 0.3 is 0 Å². The predicted octanol–water partition coefficient (Wildman–Crippen LogP) is 1.13. The van der Waals surface area contributed by atoms with Crippen LogP contribution in [0.4, 0.5) is 0 Å². The maximum atomic E-state index is 11.8. The number of carbonyl (C=O) groups is 1. The van der Waals surface area contributed by atoms with Crippen LogP contribution in [0.2, 0.25) is 0 Å². The molecule has 2 rings (SSSR count). The number of aryl methyl sites for hydroxylation is 1. The van der Waals surface area contributed by atoms with Crippen LogP contribution in [0.15, 0.2) is 18.2 Å². The molecule has 5 nitrogen and oxygen atoms in total. The second-order valence-corrected chi connectivity index (χ2v) is 5.29. The van der Waals surface area contributed by atoms with Crippen LogP contribution in [0.3, 0.4) is 0 Å². The van der Waals surface area contributed by atoms with Crippen LogP contribution < -0.4 is 15.8 Å². The first kappa shape index (κ1) is 14.8. The van der Waals surface area contributed by atoms with Gasteiger partial charge in [-0.05, 0) is 31.4 Å². The third kappa shape index (κ3) is 3.71. The van der Waals surface area contributed by atoms with Crippen molar-refractivity contribution in [2.24, 2.45) is 5.73 Å². The Bertz CT molecular complexity index is 484. The lowest BCUT2D eigenvalue weighted by Gasteiger charge is -2.14. The lowest BCUT2D eigenvalue weighted by Crippen LogP contribution is -2.42. The first-order chi connectivity index (χ1) is 9.55. The highest BCUT2D eigenvalue weighted by molar-refractivity contribution is 5.88. The third-order valence-corrected chi connectivity index (χ3v) is 3.45. The van der Waals surface area contributed by atoms with Crippen molar-refractivity contribution in [1.82, 2.24) is 5.32 Å². The van der Waals surface area contributed by atoms with Crippen molar-refractivity contribution in [2.45, 2.75) is 31.8 Å². The Kier molecular flexibility index (Phi) is 4.62. The van der Waals surface area contributed by atoms with Crippen LogP contribution >= 0.6 is 0 Å². The molecule has 1 aromatic rings. The molecule has 3 N–H and O–H groups in total. The molecular formula is C15H22N2O3. The number of methoxy groups -OCH3 is 1. The van der Waals surface area contributed by atoms with Crippen LogP contribution in [0, 0.1) is 6.92 Å². The van der Waals surface area contributed by atoms with Crippen molar-refractivity contribution in [3.63, 3.8) is 0 Å². The third-order valence-electron chi connectivity index (χ3n) is 3.45. The average molecular weight is 278 g/mol. The van der Waals surface area contributed by atoms with Crippen LogP contribution in [0.5, 0.6) is 5.75 Å². The van der Waals surface area contributed by atoms with Crippen LogP contribution in [0.1, 0.15) is 24.0 Å². The van der Waals surface area contributed by atoms with Gasteiger partial charge in [-0.3, -0.25) is 4.79 Å². The van der Waals surface area contributed by atoms with Gasteiger partial charge in [0.1, 0.15) is 12.4 Å². The molecule has 0 atom stereocenters. The number of ether oxygens (including phenoxy) is 2. The fourth-order valence-corrected chi connectivity index (χ4v) is 1.89. The Morgan fingerprint density at radius 1 is 1.40 bits per heavy atom. The quantitative estimate of drug-likeness (QED) is 0.733. The van der Waals surface area contributed by atoms with Crippen LogP contribution in [-0.4, -0.2) is 31.8 Å². The van der Waals surface area contributed by atoms with Gasteiger partial charge in [-0.2, -0.15) is 0 Å². The van der Waals surface area contributed by atoms with Crippen molar-refractivity contribution in [3.05, 3.63) is 29.3 Å². The van der Waals surface area contributed by atoms with Crippen LogP contribution in [-0.2, 0) is 16.1 Å². The summed E-state index contributed by atoms with van der Waals surface area (Å²) in [5, 5.41) is 2.88. The summed E-state index contributed by atoms with van der Waals surface area (Å²) in [7, 11) is 1.64. The Labute approximate surface area is 119 Å². The highest BCUT2D eigenvalue weighted by atomic mass is 16.5. The molecule has 110 valence electrons. The summed E-state index contributed by atoms with van der Waals surface area (Å²) >= 11 is 0. The van der Waals surface area contributed by atoms with Gasteiger partial charge in [-0.25, -0.2) is 0 Å². The number of nitrogens with two attached hydrogens (primary N) is 1. The number of hydrogen-bond donors (Lipinski definition) is 2. The van der Waals surface area contributed by atoms with Gasteiger partial charge in [0, 0.05) is 19.2 Å². The second-order valence-electron chi connectivity index (χ2n) is 5.29. The monoisotopic (exact) mass is 278 g/mol. The smallest absolute Gasteiger partial charge is 0.240 e. The van der Waals surface area contributed by atoms with E-state index in [2.05, 4.69) is 5.32 Å². The Hall–Kier alpha value is -1.59. The lowest BCUT2D eigenvalue weighted by molar-refractivity contribution is -0.123. The van der Waals surface area contributed by atoms with E-state index in [9.17, 15) is 4.79 Å². The molecule has 1 saturated carbocycles. The maximum Gasteiger partial charge on any atom is 0.240 e. The van der Waals surface area contributed by atoms with Gasteiger partial charge in [0.15, 0.2) is 0 Å². The van der Waals surface area contributed by atoms with Crippen molar-refractivity contribution >= 4 is 5.91 Å². The van der Waals surface area contributed by atoms with Gasteiger partial charge in [-0.1, -0.05) is 12.1 Å². The molecule has 0 radical (unpaired) electrons. The van der Waals surface area contributed by atoms with E-state index in [-0.39, 0.29) is 5.91 Å². The van der Waals surface area contributed by atoms with E-state index in [0.717, 1.165) is 29.7 Å². The lowest BCUT2D eigenvalue weighted by atomic mass is 10.1. The zero-order chi connectivity index (χ0) is 14.6. The second kappa shape index (κ2) is 6.24. The minimum Gasteiger partial charge on any atom is -0.491 e. The Morgan fingerprint density at radius 2 is 2.15 bits per heavy atom. The van der Waals surface area contributed by atoms with E-state index < -0.39 is 5.54 Å². The largest absolute Gasteiger partial charge is 0.491 e. The zero-order valence-electron chi connectivity index (χ0n) is 12.1. The Morgan fingerprint density at radius 3 is 2.80 bits per heavy atom. The molecule has 0 heterocycles. The number of hydrogen-bond acceptors (Lipinski definition) is 4. The predicted molar refractivity (Wildman–Crippen MR) is 76.5 cm³/mol. The summed E-state index contributed by atoms with van der Waals surface area (Å²) in [5.41, 5.74) is 7.28. The number of amides is 1. The molecule has 0 aliphatic heterocycles. The molecule has 1 aliphatic carbocycles. The molecule has 1 aromatic carbocycles. The highest BCUT2D eigenvalue weighted by Crippen LogP contribution is 2.32. The molecular weight excluding hydrogens is 256 g/mol. The molecule has 1 fully saturated rings. The minimum atomic E-state index is -0.637. The minimum absolute atomic E-state index is 0.0825. The first-order valence-electron chi connectivity index (χ1n) is 6.83. The molecule has 0 spiro atoms. The molecule has 0 bridgehead atoms. The van der Waals surface area contributed by atoms with E-state index in [1.54, 1.807) is 7.11 Å². The van der Waals surface area contributed by atoms with Crippen molar-refractivity contribution in [1.29, 1.82) is 0 Å². The normalized spacial score (nSPS) is 15.8. The van der Waals surface area contributed by atoms with Gasteiger partial charge in [0.25, 0.3) is 0 Å². The summed E-state index contributed by atoms with van der Waals surface area (Å²) in [6, 6.07) is 5.93. The number of benzene rings is 1. The highest BCUT2D eigenvalue weighted by Gasteiger charge is 2.45. The van der Waals surface area contributed by atoms with Crippen molar-refractivity contribution in [3.8, 4) is 5.75 Å². The topological polar surface area (TPSA) is 73.6 Å². The zero-order valence-corrected chi connectivity index (χ0v) is 12.1. The molecule has 1 aliphatic rings. The van der Waals surface area contributed by atoms with Gasteiger partial charge < -0.3 is 20.5 Å². The van der Waals surface area contributed by atoms with Gasteiger partial charge in [0.2, 0.25) is 5.91 Å². The summed E-state index contributed by atoms with van der Waals surface area (Å²) in [6.07, 6.45) is 1.54. The fraction of sp³-hybridized carbons (Fsp3) is 0.533. The molecule has 5 heteroatoms. The van der Waals surface area contributed by atoms with E-state index >= 15 is 0 Å². The van der Waals surface area contributed by atoms with E-state index in [0.29, 0.717) is 19.8 Å². The summed E-state index contributed by atoms with van der Waals surface area (Å²) < 4.78 is 10.7. The number of nitrogens with one attached hydrogen (secondary N) is 1. The molecule has 0 unspecified atom stereocenters. The van der Waals surface area contributed by atoms with Gasteiger partial charge in [0.05, 0.1) is 12.1 Å². The summed E-state index contributed by atoms with van der Waals surface area (Å²) in [4.78, 5) is 11.8. The SMILES string of the molecule is COCCOc1cc(C)ccc1CNC(=O)C1(N)CC1. The maximum absolute atomic E-state index is 11.8. The average Bonchev–Trinajstić information content (AvgIpc) is 3.17. The first-order valence-corrected chi connectivity index (χ1v) is 6.83. The standard InChI is InChI=1S/C15H22N2O3/c1-11-3-4-12(13(9-11)20-8-7-19-2)10-17-14(18)15(16)5-6-15/h3-4,9H,5-8,10,16H2,1-2H3,(H,17,18). The van der Waals surface area contributed by atoms with Crippen LogP contribution in [0.25, 0.3) is 0 Å². The van der Waals surface area contributed by atoms with Gasteiger partial charge in [-0.15, -0.1) is 0 Å². The van der Waals surface area contributed by atoms with E-state index in [4.69, 9.17) is 15.2 Å². The molecule has 0 aromatic heterocycles. The molecule has 0 saturated heterocycles. The number of rotatable bonds is 7.